The van der Waals surface area contributed by atoms with Gasteiger partial charge in [-0.05, 0) is 31.0 Å². The molecule has 0 aromatic heterocycles. The van der Waals surface area contributed by atoms with E-state index in [0.29, 0.717) is 23.4 Å². The van der Waals surface area contributed by atoms with Crippen LogP contribution in [0.2, 0.25) is 0 Å². The largest absolute Gasteiger partial charge is 0.496 e. The molecule has 1 unspecified atom stereocenters. The van der Waals surface area contributed by atoms with Gasteiger partial charge in [0.1, 0.15) is 5.75 Å². The quantitative estimate of drug-likeness (QED) is 0.441. The Bertz CT molecular complexity index is 1060. The molecular formula is C22H27F3N2O4S. The summed E-state index contributed by atoms with van der Waals surface area (Å²) in [6, 6.07) is 10.2. The number of halogens is 3. The van der Waals surface area contributed by atoms with Crippen LogP contribution in [0.3, 0.4) is 0 Å². The van der Waals surface area contributed by atoms with Crippen LogP contribution in [0.15, 0.2) is 47.5 Å². The summed E-state index contributed by atoms with van der Waals surface area (Å²) in [7, 11) is -1.43. The Hall–Kier alpha value is -2.59. The number of sulfone groups is 1. The molecule has 32 heavy (non-hydrogen) atoms. The van der Waals surface area contributed by atoms with E-state index in [-0.39, 0.29) is 5.75 Å². The molecule has 0 saturated heterocycles. The molecule has 6 nitrogen and oxygen atoms in total. The van der Waals surface area contributed by atoms with Crippen molar-refractivity contribution < 1.29 is 31.4 Å². The van der Waals surface area contributed by atoms with Crippen LogP contribution in [0.4, 0.5) is 18.9 Å². The van der Waals surface area contributed by atoms with Gasteiger partial charge in [-0.15, -0.1) is 0 Å². The van der Waals surface area contributed by atoms with Crippen LogP contribution >= 0.6 is 0 Å². The maximum Gasteiger partial charge on any atom is 0.422 e. The first-order valence-electron chi connectivity index (χ1n) is 9.80. The number of methoxy groups -OCH3 is 1. The number of aliphatic hydroxyl groups is 1. The fourth-order valence-corrected chi connectivity index (χ4v) is 4.82. The third kappa shape index (κ3) is 6.01. The van der Waals surface area contributed by atoms with Gasteiger partial charge in [-0.3, -0.25) is 0 Å². The molecule has 0 radical (unpaired) electrons. The molecule has 1 N–H and O–H groups in total. The molecule has 2 rings (SSSR count). The fourth-order valence-electron chi connectivity index (χ4n) is 3.06. The van der Waals surface area contributed by atoms with Crippen LogP contribution in [0, 0.1) is 6.92 Å². The number of nitrogens with zero attached hydrogens (tertiary/aromatic N) is 2. The molecule has 10 heteroatoms. The summed E-state index contributed by atoms with van der Waals surface area (Å²) in [5.74, 6) is -2.49. The number of hydrogen-bond acceptors (Lipinski definition) is 5. The van der Waals surface area contributed by atoms with Crippen molar-refractivity contribution in [1.82, 2.24) is 4.90 Å². The summed E-state index contributed by atoms with van der Waals surface area (Å²) in [6.45, 7) is 4.10. The minimum absolute atomic E-state index is 0.309. The van der Waals surface area contributed by atoms with Crippen molar-refractivity contribution in [1.29, 1.82) is 0 Å². The first kappa shape index (κ1) is 25.7. The normalized spacial score (nSPS) is 14.4. The van der Waals surface area contributed by atoms with Crippen LogP contribution in [0.5, 0.6) is 5.75 Å². The molecule has 0 saturated carbocycles. The molecule has 0 spiro atoms. The monoisotopic (exact) mass is 472 g/mol. The summed E-state index contributed by atoms with van der Waals surface area (Å²) >= 11 is 0. The van der Waals surface area contributed by atoms with Crippen LogP contribution < -0.4 is 4.74 Å². The topological polar surface area (TPSA) is 79.2 Å². The molecule has 176 valence electrons. The Kier molecular flexibility index (Phi) is 7.95. The summed E-state index contributed by atoms with van der Waals surface area (Å²) in [6.07, 6.45) is -3.76. The van der Waals surface area contributed by atoms with Gasteiger partial charge in [-0.1, -0.05) is 30.3 Å². The molecule has 2 aromatic carbocycles. The molecule has 0 aliphatic heterocycles. The standard InChI is InChI=1S/C22H27F3N2O4S/c1-5-27(3)15-26-19-12-20(31-4)18(11-16(19)2)21(28,22(23,24)25)14-32(29,30)13-17-9-7-6-8-10-17/h6-12,15,28H,5,13-14H2,1-4H3/b26-15+. The van der Waals surface area contributed by atoms with Gasteiger partial charge in [-0.2, -0.15) is 13.2 Å². The van der Waals surface area contributed by atoms with Gasteiger partial charge in [0.25, 0.3) is 0 Å². The van der Waals surface area contributed by atoms with E-state index in [1.54, 1.807) is 30.1 Å². The smallest absolute Gasteiger partial charge is 0.422 e. The maximum atomic E-state index is 14.1. The second-order valence-electron chi connectivity index (χ2n) is 7.53. The minimum atomic E-state index is -5.27. The van der Waals surface area contributed by atoms with Crippen molar-refractivity contribution in [2.24, 2.45) is 4.99 Å². The van der Waals surface area contributed by atoms with Crippen LogP contribution in [-0.4, -0.2) is 57.4 Å². The lowest BCUT2D eigenvalue weighted by Crippen LogP contribution is -2.48. The van der Waals surface area contributed by atoms with Gasteiger partial charge in [-0.25, -0.2) is 13.4 Å². The lowest BCUT2D eigenvalue weighted by molar-refractivity contribution is -0.257. The lowest BCUT2D eigenvalue weighted by Gasteiger charge is -2.32. The lowest BCUT2D eigenvalue weighted by atomic mass is 9.92. The molecule has 1 atom stereocenters. The Morgan fingerprint density at radius 2 is 1.81 bits per heavy atom. The van der Waals surface area contributed by atoms with E-state index in [9.17, 15) is 26.7 Å². The van der Waals surface area contributed by atoms with Crippen LogP contribution in [0.1, 0.15) is 23.6 Å². The molecule has 0 fully saturated rings. The summed E-state index contributed by atoms with van der Waals surface area (Å²) in [5.41, 5.74) is -3.36. The summed E-state index contributed by atoms with van der Waals surface area (Å²) in [4.78, 5) is 6.01. The summed E-state index contributed by atoms with van der Waals surface area (Å²) < 4.78 is 72.7. The van der Waals surface area contributed by atoms with E-state index in [2.05, 4.69) is 4.99 Å². The highest BCUT2D eigenvalue weighted by molar-refractivity contribution is 7.90. The van der Waals surface area contributed by atoms with Gasteiger partial charge in [0.2, 0.25) is 5.60 Å². The second-order valence-corrected chi connectivity index (χ2v) is 9.60. The molecule has 0 aliphatic carbocycles. The zero-order chi connectivity index (χ0) is 24.2. The molecule has 0 amide bonds. The number of rotatable bonds is 9. The molecule has 0 aliphatic rings. The number of aryl methyl sites for hydroxylation is 1. The van der Waals surface area contributed by atoms with Crippen LogP contribution in [-0.2, 0) is 21.2 Å². The van der Waals surface area contributed by atoms with E-state index < -0.39 is 38.7 Å². The molecule has 2 aromatic rings. The number of aliphatic imine (C=N–C) groups is 1. The SMILES string of the molecule is CCN(C)/C=N/c1cc(OC)c(C(O)(CS(=O)(=O)Cc2ccccc2)C(F)(F)F)cc1C. The second kappa shape index (κ2) is 9.91. The number of alkyl halides is 3. The Balaban J connectivity index is 2.54. The van der Waals surface area contributed by atoms with Gasteiger partial charge in [0, 0.05) is 25.2 Å². The highest BCUT2D eigenvalue weighted by atomic mass is 32.2. The average molecular weight is 473 g/mol. The van der Waals surface area contributed by atoms with Crippen molar-refractivity contribution in [2.75, 3.05) is 26.5 Å². The van der Waals surface area contributed by atoms with Gasteiger partial charge >= 0.3 is 6.18 Å². The Morgan fingerprint density at radius 3 is 2.34 bits per heavy atom. The van der Waals surface area contributed by atoms with Crippen molar-refractivity contribution >= 4 is 21.9 Å². The Labute approximate surface area is 186 Å². The highest BCUT2D eigenvalue weighted by Crippen LogP contribution is 2.45. The van der Waals surface area contributed by atoms with E-state index in [1.165, 1.54) is 31.5 Å². The summed E-state index contributed by atoms with van der Waals surface area (Å²) in [5, 5.41) is 10.8. The maximum absolute atomic E-state index is 14.1. The van der Waals surface area contributed by atoms with Crippen molar-refractivity contribution in [3.63, 3.8) is 0 Å². The first-order valence-corrected chi connectivity index (χ1v) is 11.6. The van der Waals surface area contributed by atoms with E-state index in [4.69, 9.17) is 4.74 Å². The number of benzene rings is 2. The van der Waals surface area contributed by atoms with Gasteiger partial charge in [0.15, 0.2) is 9.84 Å². The number of ether oxygens (including phenoxy) is 1. The predicted molar refractivity (Wildman–Crippen MR) is 118 cm³/mol. The van der Waals surface area contributed by atoms with Gasteiger partial charge < -0.3 is 14.7 Å². The van der Waals surface area contributed by atoms with Crippen molar-refractivity contribution in [3.05, 3.63) is 59.2 Å². The molecule has 0 heterocycles. The van der Waals surface area contributed by atoms with E-state index in [0.717, 1.165) is 13.2 Å². The molecular weight excluding hydrogens is 445 g/mol. The highest BCUT2D eigenvalue weighted by Gasteiger charge is 2.58. The van der Waals surface area contributed by atoms with Crippen molar-refractivity contribution in [3.8, 4) is 5.75 Å². The zero-order valence-electron chi connectivity index (χ0n) is 18.3. The van der Waals surface area contributed by atoms with Crippen LogP contribution in [0.25, 0.3) is 0 Å². The first-order chi connectivity index (χ1) is 14.8. The predicted octanol–water partition coefficient (Wildman–Crippen LogP) is 3.98. The average Bonchev–Trinajstić information content (AvgIpc) is 2.71. The van der Waals surface area contributed by atoms with Gasteiger partial charge in [0.05, 0.1) is 30.6 Å². The fraction of sp³-hybridized carbons (Fsp3) is 0.409. The zero-order valence-corrected chi connectivity index (χ0v) is 19.2. The van der Waals surface area contributed by atoms with E-state index in [1.807, 2.05) is 6.92 Å². The van der Waals surface area contributed by atoms with E-state index >= 15 is 0 Å². The third-order valence-corrected chi connectivity index (χ3v) is 6.61. The molecule has 0 bridgehead atoms. The third-order valence-electron chi connectivity index (χ3n) is 4.98. The minimum Gasteiger partial charge on any atom is -0.496 e. The number of hydrogen-bond donors (Lipinski definition) is 1. The Morgan fingerprint density at radius 1 is 1.19 bits per heavy atom. The van der Waals surface area contributed by atoms with Crippen molar-refractivity contribution in [2.45, 2.75) is 31.4 Å².